The summed E-state index contributed by atoms with van der Waals surface area (Å²) < 4.78 is 1.09. The van der Waals surface area contributed by atoms with Gasteiger partial charge in [0.2, 0.25) is 0 Å². The molecule has 1 fully saturated rings. The lowest BCUT2D eigenvalue weighted by atomic mass is 9.98. The third-order valence-corrected chi connectivity index (χ3v) is 6.58. The molecule has 1 aliphatic carbocycles. The minimum absolute atomic E-state index is 0.295. The number of pyridine rings is 1. The zero-order chi connectivity index (χ0) is 14.9. The van der Waals surface area contributed by atoms with Crippen LogP contribution in [-0.4, -0.2) is 16.3 Å². The predicted molar refractivity (Wildman–Crippen MR) is 95.7 cm³/mol. The van der Waals surface area contributed by atoms with Crippen molar-refractivity contribution in [1.29, 1.82) is 0 Å². The molecule has 1 aromatic heterocycles. The first-order valence-electron chi connectivity index (χ1n) is 8.30. The van der Waals surface area contributed by atoms with Crippen LogP contribution in [0.5, 0.6) is 0 Å². The number of rotatable bonds is 2. The fourth-order valence-electron chi connectivity index (χ4n) is 2.93. The van der Waals surface area contributed by atoms with Gasteiger partial charge in [-0.15, -0.1) is 11.8 Å². The molecule has 0 spiro atoms. The van der Waals surface area contributed by atoms with Crippen molar-refractivity contribution in [3.8, 4) is 0 Å². The SMILES string of the molecule is NC1CCCCCCCCCCC1Sc1ncccc1Br. The third-order valence-electron chi connectivity index (χ3n) is 4.24. The first-order chi connectivity index (χ1) is 10.3. The molecule has 118 valence electrons. The van der Waals surface area contributed by atoms with Crippen LogP contribution in [0.2, 0.25) is 0 Å². The Balaban J connectivity index is 1.96. The van der Waals surface area contributed by atoms with Gasteiger partial charge in [0.15, 0.2) is 0 Å². The Morgan fingerprint density at radius 2 is 1.62 bits per heavy atom. The smallest absolute Gasteiger partial charge is 0.110 e. The van der Waals surface area contributed by atoms with Gasteiger partial charge in [0.25, 0.3) is 0 Å². The second-order valence-corrected chi connectivity index (χ2v) is 8.10. The summed E-state index contributed by atoms with van der Waals surface area (Å²) in [5.41, 5.74) is 6.49. The number of nitrogens with zero attached hydrogens (tertiary/aromatic N) is 1. The fraction of sp³-hybridized carbons (Fsp3) is 0.706. The molecule has 0 amide bonds. The van der Waals surface area contributed by atoms with Gasteiger partial charge in [-0.1, -0.05) is 51.4 Å². The fourth-order valence-corrected chi connectivity index (χ4v) is 4.65. The Kier molecular flexibility index (Phi) is 8.12. The van der Waals surface area contributed by atoms with Gasteiger partial charge in [-0.3, -0.25) is 0 Å². The summed E-state index contributed by atoms with van der Waals surface area (Å²) >= 11 is 5.47. The van der Waals surface area contributed by atoms with Crippen molar-refractivity contribution in [2.75, 3.05) is 0 Å². The molecule has 1 aliphatic rings. The lowest BCUT2D eigenvalue weighted by molar-refractivity contribution is 0.473. The van der Waals surface area contributed by atoms with Crippen LogP contribution in [-0.2, 0) is 0 Å². The van der Waals surface area contributed by atoms with E-state index in [1.807, 2.05) is 24.0 Å². The van der Waals surface area contributed by atoms with Crippen LogP contribution in [0.15, 0.2) is 27.8 Å². The van der Waals surface area contributed by atoms with Gasteiger partial charge in [0.05, 0.1) is 0 Å². The van der Waals surface area contributed by atoms with Crippen LogP contribution < -0.4 is 5.73 Å². The van der Waals surface area contributed by atoms with Gasteiger partial charge in [-0.2, -0.15) is 0 Å². The molecule has 2 rings (SSSR count). The van der Waals surface area contributed by atoms with E-state index in [9.17, 15) is 0 Å². The zero-order valence-electron chi connectivity index (χ0n) is 12.8. The molecular weight excluding hydrogens is 344 g/mol. The molecule has 4 heteroatoms. The number of halogens is 1. The molecule has 2 atom stereocenters. The summed E-state index contributed by atoms with van der Waals surface area (Å²) in [5.74, 6) is 0. The number of hydrogen-bond acceptors (Lipinski definition) is 3. The van der Waals surface area contributed by atoms with Crippen molar-refractivity contribution in [2.24, 2.45) is 5.73 Å². The summed E-state index contributed by atoms with van der Waals surface area (Å²) in [6, 6.07) is 4.33. The Morgan fingerprint density at radius 1 is 1.00 bits per heavy atom. The number of nitrogens with two attached hydrogens (primary N) is 1. The summed E-state index contributed by atoms with van der Waals surface area (Å²) in [7, 11) is 0. The topological polar surface area (TPSA) is 38.9 Å². The van der Waals surface area contributed by atoms with Crippen molar-refractivity contribution in [3.63, 3.8) is 0 Å². The van der Waals surface area contributed by atoms with E-state index in [0.29, 0.717) is 11.3 Å². The monoisotopic (exact) mass is 370 g/mol. The molecular formula is C17H27BrN2S. The highest BCUT2D eigenvalue weighted by atomic mass is 79.9. The molecule has 1 aromatic rings. The van der Waals surface area contributed by atoms with Crippen LogP contribution in [0.25, 0.3) is 0 Å². The second kappa shape index (κ2) is 9.86. The lowest BCUT2D eigenvalue weighted by Gasteiger charge is -2.24. The number of thioether (sulfide) groups is 1. The van der Waals surface area contributed by atoms with Crippen molar-refractivity contribution >= 4 is 27.7 Å². The van der Waals surface area contributed by atoms with Crippen molar-refractivity contribution in [3.05, 3.63) is 22.8 Å². The predicted octanol–water partition coefficient (Wildman–Crippen LogP) is 5.55. The molecule has 2 nitrogen and oxygen atoms in total. The van der Waals surface area contributed by atoms with Crippen molar-refractivity contribution < 1.29 is 0 Å². The Hall–Kier alpha value is -0.0600. The Morgan fingerprint density at radius 3 is 2.29 bits per heavy atom. The maximum Gasteiger partial charge on any atom is 0.110 e. The maximum absolute atomic E-state index is 6.49. The standard InChI is InChI=1S/C17H27BrN2S/c18-14-10-9-13-20-17(14)21-16-12-8-6-4-2-1-3-5-7-11-15(16)19/h9-10,13,15-16H,1-8,11-12,19H2. The molecule has 1 saturated carbocycles. The molecule has 0 bridgehead atoms. The van der Waals surface area contributed by atoms with Gasteiger partial charge in [-0.25, -0.2) is 4.98 Å². The van der Waals surface area contributed by atoms with E-state index in [4.69, 9.17) is 5.73 Å². The highest BCUT2D eigenvalue weighted by molar-refractivity contribution is 9.10. The van der Waals surface area contributed by atoms with Gasteiger partial charge in [0, 0.05) is 22.0 Å². The van der Waals surface area contributed by atoms with Crippen LogP contribution in [0, 0.1) is 0 Å². The largest absolute Gasteiger partial charge is 0.327 e. The van der Waals surface area contributed by atoms with E-state index in [2.05, 4.69) is 27.0 Å². The highest BCUT2D eigenvalue weighted by Gasteiger charge is 2.20. The molecule has 2 unspecified atom stereocenters. The highest BCUT2D eigenvalue weighted by Crippen LogP contribution is 2.33. The van der Waals surface area contributed by atoms with Gasteiger partial charge in [-0.05, 0) is 40.9 Å². The second-order valence-electron chi connectivity index (χ2n) is 6.02. The van der Waals surface area contributed by atoms with Crippen molar-refractivity contribution in [1.82, 2.24) is 4.98 Å². The average molecular weight is 371 g/mol. The minimum Gasteiger partial charge on any atom is -0.327 e. The van der Waals surface area contributed by atoms with Crippen LogP contribution in [0.1, 0.15) is 64.2 Å². The minimum atomic E-state index is 0.295. The van der Waals surface area contributed by atoms with Crippen molar-refractivity contribution in [2.45, 2.75) is 80.5 Å². The van der Waals surface area contributed by atoms with E-state index in [1.54, 1.807) is 0 Å². The van der Waals surface area contributed by atoms with Crippen LogP contribution in [0.3, 0.4) is 0 Å². The van der Waals surface area contributed by atoms with E-state index >= 15 is 0 Å². The molecule has 21 heavy (non-hydrogen) atoms. The van der Waals surface area contributed by atoms with E-state index in [-0.39, 0.29) is 0 Å². The van der Waals surface area contributed by atoms with E-state index in [0.717, 1.165) is 15.9 Å². The van der Waals surface area contributed by atoms with Gasteiger partial charge < -0.3 is 5.73 Å². The van der Waals surface area contributed by atoms with Gasteiger partial charge in [0.1, 0.15) is 5.03 Å². The first kappa shape index (κ1) is 17.3. The molecule has 0 aromatic carbocycles. The maximum atomic E-state index is 6.49. The van der Waals surface area contributed by atoms with E-state index in [1.165, 1.54) is 57.8 Å². The Bertz CT molecular complexity index is 414. The lowest BCUT2D eigenvalue weighted by Crippen LogP contribution is -2.32. The normalized spacial score (nSPS) is 25.8. The van der Waals surface area contributed by atoms with Crippen LogP contribution >= 0.6 is 27.7 Å². The summed E-state index contributed by atoms with van der Waals surface area (Å²) in [6.45, 7) is 0. The third kappa shape index (κ3) is 6.29. The first-order valence-corrected chi connectivity index (χ1v) is 9.97. The van der Waals surface area contributed by atoms with Gasteiger partial charge >= 0.3 is 0 Å². The molecule has 0 aliphatic heterocycles. The molecule has 1 heterocycles. The summed E-state index contributed by atoms with van der Waals surface area (Å²) in [4.78, 5) is 4.50. The quantitative estimate of drug-likeness (QED) is 0.741. The molecule has 0 saturated heterocycles. The Labute approximate surface area is 141 Å². The summed E-state index contributed by atoms with van der Waals surface area (Å²) in [6.07, 6.45) is 15.1. The number of aromatic nitrogens is 1. The molecule has 0 radical (unpaired) electrons. The summed E-state index contributed by atoms with van der Waals surface area (Å²) in [5, 5.41) is 1.58. The number of hydrogen-bond donors (Lipinski definition) is 1. The molecule has 2 N–H and O–H groups in total. The average Bonchev–Trinajstić information content (AvgIpc) is 2.48. The zero-order valence-corrected chi connectivity index (χ0v) is 15.2. The van der Waals surface area contributed by atoms with E-state index < -0.39 is 0 Å². The van der Waals surface area contributed by atoms with Crippen LogP contribution in [0.4, 0.5) is 0 Å².